The van der Waals surface area contributed by atoms with Crippen LogP contribution in [0.4, 0.5) is 17.1 Å². The molecular weight excluding hydrogens is 615 g/mol. The van der Waals surface area contributed by atoms with Gasteiger partial charge in [-0.3, -0.25) is 0 Å². The second-order valence-corrected chi connectivity index (χ2v) is 14.0. The monoisotopic (exact) mass is 651 g/mol. The third-order valence-electron chi connectivity index (χ3n) is 11.0. The Balaban J connectivity index is 1.10. The minimum atomic E-state index is 0.329. The molecule has 0 saturated heterocycles. The first-order chi connectivity index (χ1) is 25.3. The summed E-state index contributed by atoms with van der Waals surface area (Å²) in [5.74, 6) is 0.700. The van der Waals surface area contributed by atoms with E-state index in [1.807, 2.05) is 0 Å². The number of fused-ring (bicyclic) bond motifs is 5. The molecule has 10 rings (SSSR count). The summed E-state index contributed by atoms with van der Waals surface area (Å²) < 4.78 is 0. The number of anilines is 3. The van der Waals surface area contributed by atoms with Crippen LogP contribution < -0.4 is 15.3 Å². The van der Waals surface area contributed by atoms with Crippen molar-refractivity contribution in [3.8, 4) is 11.1 Å². The van der Waals surface area contributed by atoms with Gasteiger partial charge in [-0.1, -0.05) is 146 Å². The lowest BCUT2D eigenvalue weighted by Crippen LogP contribution is -2.36. The highest BCUT2D eigenvalue weighted by Gasteiger charge is 2.26. The maximum Gasteiger partial charge on any atom is 0.0468 e. The fourth-order valence-electron chi connectivity index (χ4n) is 8.62. The quantitative estimate of drug-likeness (QED) is 0.179. The second kappa shape index (κ2) is 12.3. The van der Waals surface area contributed by atoms with E-state index in [1.54, 1.807) is 0 Å². The zero-order valence-electron chi connectivity index (χ0n) is 28.4. The minimum Gasteiger partial charge on any atom is -0.310 e. The second-order valence-electron chi connectivity index (χ2n) is 14.0. The van der Waals surface area contributed by atoms with E-state index in [0.717, 1.165) is 29.9 Å². The Kier molecular flexibility index (Phi) is 7.17. The Morgan fingerprint density at radius 3 is 2.08 bits per heavy atom. The molecule has 0 radical (unpaired) electrons. The van der Waals surface area contributed by atoms with Crippen LogP contribution in [0.5, 0.6) is 0 Å². The fourth-order valence-corrected chi connectivity index (χ4v) is 8.62. The molecule has 0 bridgehead atoms. The van der Waals surface area contributed by atoms with Gasteiger partial charge in [-0.2, -0.15) is 0 Å². The first-order valence-electron chi connectivity index (χ1n) is 18.2. The van der Waals surface area contributed by atoms with Gasteiger partial charge in [0.25, 0.3) is 0 Å². The Hall–Kier alpha value is -6.18. The summed E-state index contributed by atoms with van der Waals surface area (Å²) in [4.78, 5) is 2.40. The van der Waals surface area contributed by atoms with Gasteiger partial charge in [-0.25, -0.2) is 0 Å². The maximum absolute atomic E-state index is 2.42. The number of nitrogens with zero attached hydrogens (tertiary/aromatic N) is 1. The van der Waals surface area contributed by atoms with E-state index in [1.165, 1.54) is 65.4 Å². The Morgan fingerprint density at radius 1 is 0.549 bits per heavy atom. The van der Waals surface area contributed by atoms with Gasteiger partial charge in [-0.15, -0.1) is 0 Å². The van der Waals surface area contributed by atoms with E-state index in [0.29, 0.717) is 11.8 Å². The van der Waals surface area contributed by atoms with Crippen LogP contribution in [0, 0.1) is 11.8 Å². The highest BCUT2D eigenvalue weighted by Crippen LogP contribution is 2.42. The van der Waals surface area contributed by atoms with Crippen molar-refractivity contribution in [1.29, 1.82) is 0 Å². The lowest BCUT2D eigenvalue weighted by molar-refractivity contribution is 0.704. The molecular formula is C50H37N. The van der Waals surface area contributed by atoms with Gasteiger partial charge in [0.05, 0.1) is 0 Å². The Bertz CT molecular complexity index is 2690. The van der Waals surface area contributed by atoms with Crippen molar-refractivity contribution in [2.75, 3.05) is 4.90 Å². The molecule has 7 aromatic carbocycles. The molecule has 0 N–H and O–H groups in total. The lowest BCUT2D eigenvalue weighted by atomic mass is 9.75. The van der Waals surface area contributed by atoms with Crippen LogP contribution in [0.1, 0.15) is 23.1 Å². The molecule has 1 unspecified atom stereocenters. The van der Waals surface area contributed by atoms with Crippen molar-refractivity contribution in [2.45, 2.75) is 12.8 Å². The first-order valence-corrected chi connectivity index (χ1v) is 18.2. The molecule has 0 aliphatic heterocycles. The van der Waals surface area contributed by atoms with Crippen molar-refractivity contribution >= 4 is 56.3 Å². The molecule has 0 amide bonds. The fraction of sp³-hybridized carbons (Fsp3) is 0.0800. The zero-order valence-corrected chi connectivity index (χ0v) is 28.4. The molecule has 3 aliphatic rings. The normalized spacial score (nSPS) is 17.1. The summed E-state index contributed by atoms with van der Waals surface area (Å²) >= 11 is 0. The summed E-state index contributed by atoms with van der Waals surface area (Å²) in [6, 6.07) is 54.0. The Labute approximate surface area is 299 Å². The van der Waals surface area contributed by atoms with E-state index in [9.17, 15) is 0 Å². The molecule has 0 heterocycles. The van der Waals surface area contributed by atoms with Gasteiger partial charge >= 0.3 is 0 Å². The van der Waals surface area contributed by atoms with Gasteiger partial charge < -0.3 is 4.90 Å². The van der Waals surface area contributed by atoms with Crippen molar-refractivity contribution < 1.29 is 0 Å². The number of benzene rings is 7. The van der Waals surface area contributed by atoms with Crippen LogP contribution in [0.3, 0.4) is 0 Å². The third-order valence-corrected chi connectivity index (χ3v) is 11.0. The molecule has 3 aliphatic carbocycles. The summed E-state index contributed by atoms with van der Waals surface area (Å²) in [5, 5.41) is 7.75. The van der Waals surface area contributed by atoms with Gasteiger partial charge in [-0.05, 0) is 121 Å². The van der Waals surface area contributed by atoms with Crippen LogP contribution in [0.15, 0.2) is 176 Å². The van der Waals surface area contributed by atoms with E-state index in [-0.39, 0.29) is 0 Å². The van der Waals surface area contributed by atoms with Crippen LogP contribution in [-0.4, -0.2) is 0 Å². The Morgan fingerprint density at radius 2 is 1.24 bits per heavy atom. The van der Waals surface area contributed by atoms with Gasteiger partial charge in [0.15, 0.2) is 0 Å². The number of hydrogen-bond acceptors (Lipinski definition) is 1. The number of rotatable bonds is 5. The molecule has 0 spiro atoms. The minimum absolute atomic E-state index is 0.329. The first kappa shape index (κ1) is 29.7. The summed E-state index contributed by atoms with van der Waals surface area (Å²) in [6.45, 7) is 0. The predicted octanol–water partition coefficient (Wildman–Crippen LogP) is 11.4. The third kappa shape index (κ3) is 5.16. The average molecular weight is 652 g/mol. The van der Waals surface area contributed by atoms with E-state index in [4.69, 9.17) is 0 Å². The highest BCUT2D eigenvalue weighted by molar-refractivity contribution is 6.01. The van der Waals surface area contributed by atoms with Crippen LogP contribution in [-0.2, 0) is 6.42 Å². The van der Waals surface area contributed by atoms with E-state index < -0.39 is 0 Å². The molecule has 7 aromatic rings. The number of hydrogen-bond donors (Lipinski definition) is 0. The lowest BCUT2D eigenvalue weighted by Gasteiger charge is -2.29. The molecule has 0 fully saturated rings. The molecule has 242 valence electrons. The summed E-state index contributed by atoms with van der Waals surface area (Å²) in [5.41, 5.74) is 11.5. The number of allylic oxidation sites excluding steroid dienone is 5. The van der Waals surface area contributed by atoms with Crippen LogP contribution >= 0.6 is 0 Å². The molecule has 1 nitrogen and oxygen atoms in total. The van der Waals surface area contributed by atoms with Crippen LogP contribution in [0.2, 0.25) is 0 Å². The molecule has 51 heavy (non-hydrogen) atoms. The topological polar surface area (TPSA) is 3.24 Å². The van der Waals surface area contributed by atoms with Gasteiger partial charge in [0.2, 0.25) is 0 Å². The molecule has 0 saturated carbocycles. The standard InChI is InChI=1S/C50H37N/c1-2-12-37-33-44(30-21-34(37)11-1)51(42-26-22-35(23-27-42)49-45-17-7-3-13-38(45)31-39-14-4-8-18-46(39)49)43-28-24-36(25-29-43)50-47-19-9-5-15-40(47)32-41-16-6-10-20-48(41)50/h1-9,11-19,21-33,38,45H,10,20H2/t38-,45?/m1/s1. The van der Waals surface area contributed by atoms with Crippen molar-refractivity contribution in [2.24, 2.45) is 11.8 Å². The van der Waals surface area contributed by atoms with Crippen molar-refractivity contribution in [1.82, 2.24) is 0 Å². The zero-order chi connectivity index (χ0) is 33.7. The van der Waals surface area contributed by atoms with Crippen molar-refractivity contribution in [3.05, 3.63) is 203 Å². The summed E-state index contributed by atoms with van der Waals surface area (Å²) in [7, 11) is 0. The van der Waals surface area contributed by atoms with Crippen molar-refractivity contribution in [3.63, 3.8) is 0 Å². The smallest absolute Gasteiger partial charge is 0.0468 e. The van der Waals surface area contributed by atoms with E-state index in [2.05, 4.69) is 193 Å². The molecule has 2 atom stereocenters. The van der Waals surface area contributed by atoms with Gasteiger partial charge in [0, 0.05) is 28.9 Å². The summed E-state index contributed by atoms with van der Waals surface area (Å²) in [6.07, 6.45) is 18.3. The van der Waals surface area contributed by atoms with Gasteiger partial charge in [0.1, 0.15) is 0 Å². The van der Waals surface area contributed by atoms with E-state index >= 15 is 0 Å². The largest absolute Gasteiger partial charge is 0.310 e. The molecule has 1 heteroatoms. The van der Waals surface area contributed by atoms with Crippen LogP contribution in [0.25, 0.3) is 50.4 Å². The maximum atomic E-state index is 2.42. The average Bonchev–Trinajstić information content (AvgIpc) is 3.20. The molecule has 0 aromatic heterocycles. The predicted molar refractivity (Wildman–Crippen MR) is 217 cm³/mol. The SMILES string of the molecule is C1=CC2C(c3ccc(N(c4ccc(-c5c6c(cc7ccccc57)C=CCC6)cc4)c4ccc5ccccc5c4)cc3)=c3ccccc3=C[C@H]2C=C1. The highest BCUT2D eigenvalue weighted by atomic mass is 15.1.